The summed E-state index contributed by atoms with van der Waals surface area (Å²) in [7, 11) is 0. The highest BCUT2D eigenvalue weighted by Crippen LogP contribution is 2.44. The fourth-order valence-corrected chi connectivity index (χ4v) is 3.85. The van der Waals surface area contributed by atoms with Crippen molar-refractivity contribution < 1.29 is 9.53 Å². The van der Waals surface area contributed by atoms with Crippen molar-refractivity contribution in [3.63, 3.8) is 0 Å². The van der Waals surface area contributed by atoms with E-state index in [1.807, 2.05) is 0 Å². The SMILES string of the molecule is CC1(C)CC(C(=O)C2CCCCCC2)C(C)(C)O1. The Bertz CT molecular complexity index is 309. The summed E-state index contributed by atoms with van der Waals surface area (Å²) in [6.45, 7) is 8.38. The summed E-state index contributed by atoms with van der Waals surface area (Å²) in [6, 6.07) is 0. The van der Waals surface area contributed by atoms with Crippen LogP contribution in [0, 0.1) is 11.8 Å². The quantitative estimate of drug-likeness (QED) is 0.691. The van der Waals surface area contributed by atoms with Gasteiger partial charge in [-0.05, 0) is 47.0 Å². The molecule has 104 valence electrons. The zero-order valence-electron chi connectivity index (χ0n) is 12.4. The number of Topliss-reactive ketones (excluding diaryl/α,β-unsaturated/α-hetero) is 1. The lowest BCUT2D eigenvalue weighted by Gasteiger charge is -2.28. The van der Waals surface area contributed by atoms with Crippen LogP contribution in [0.4, 0.5) is 0 Å². The summed E-state index contributed by atoms with van der Waals surface area (Å²) in [5.74, 6) is 0.873. The third-order valence-corrected chi connectivity index (χ3v) is 4.68. The minimum absolute atomic E-state index is 0.0931. The van der Waals surface area contributed by atoms with Crippen LogP contribution in [0.25, 0.3) is 0 Å². The lowest BCUT2D eigenvalue weighted by molar-refractivity contribution is -0.133. The minimum atomic E-state index is -0.285. The Morgan fingerprint density at radius 1 is 1.00 bits per heavy atom. The molecule has 0 N–H and O–H groups in total. The van der Waals surface area contributed by atoms with Crippen LogP contribution in [0.2, 0.25) is 0 Å². The van der Waals surface area contributed by atoms with E-state index in [1.165, 1.54) is 25.7 Å². The van der Waals surface area contributed by atoms with Crippen molar-refractivity contribution in [2.24, 2.45) is 11.8 Å². The van der Waals surface area contributed by atoms with E-state index in [4.69, 9.17) is 4.74 Å². The Hall–Kier alpha value is -0.370. The number of ketones is 1. The van der Waals surface area contributed by atoms with Gasteiger partial charge in [-0.2, -0.15) is 0 Å². The topological polar surface area (TPSA) is 26.3 Å². The molecule has 1 saturated carbocycles. The summed E-state index contributed by atoms with van der Waals surface area (Å²) in [4.78, 5) is 12.8. The van der Waals surface area contributed by atoms with Crippen LogP contribution in [0.3, 0.4) is 0 Å². The fourth-order valence-electron chi connectivity index (χ4n) is 3.85. The lowest BCUT2D eigenvalue weighted by Crippen LogP contribution is -2.36. The normalized spacial score (nSPS) is 32.1. The minimum Gasteiger partial charge on any atom is -0.369 e. The third-order valence-electron chi connectivity index (χ3n) is 4.68. The molecule has 0 aromatic carbocycles. The van der Waals surface area contributed by atoms with Gasteiger partial charge in [0.1, 0.15) is 5.78 Å². The average molecular weight is 252 g/mol. The summed E-state index contributed by atoms with van der Waals surface area (Å²) in [5, 5.41) is 0. The standard InChI is InChI=1S/C16H28O2/c1-15(2)11-13(16(3,4)18-15)14(17)12-9-7-5-6-8-10-12/h12-13H,5-11H2,1-4H3. The molecule has 1 unspecified atom stereocenters. The molecule has 18 heavy (non-hydrogen) atoms. The van der Waals surface area contributed by atoms with E-state index in [1.54, 1.807) is 0 Å². The molecule has 0 aromatic heterocycles. The van der Waals surface area contributed by atoms with Gasteiger partial charge in [0.2, 0.25) is 0 Å². The molecule has 0 amide bonds. The van der Waals surface area contributed by atoms with E-state index in [9.17, 15) is 4.79 Å². The van der Waals surface area contributed by atoms with Crippen LogP contribution in [0.5, 0.6) is 0 Å². The molecule has 1 saturated heterocycles. The lowest BCUT2D eigenvalue weighted by atomic mass is 9.77. The van der Waals surface area contributed by atoms with Crippen LogP contribution in [-0.4, -0.2) is 17.0 Å². The molecule has 2 aliphatic rings. The molecular formula is C16H28O2. The molecular weight excluding hydrogens is 224 g/mol. The molecule has 1 atom stereocenters. The predicted octanol–water partition coefficient (Wildman–Crippen LogP) is 4.12. The summed E-state index contributed by atoms with van der Waals surface area (Å²) in [6.07, 6.45) is 8.16. The fraction of sp³-hybridized carbons (Fsp3) is 0.938. The largest absolute Gasteiger partial charge is 0.369 e. The van der Waals surface area contributed by atoms with Gasteiger partial charge in [-0.3, -0.25) is 4.79 Å². The van der Waals surface area contributed by atoms with E-state index in [2.05, 4.69) is 27.7 Å². The van der Waals surface area contributed by atoms with E-state index in [0.717, 1.165) is 19.3 Å². The maximum atomic E-state index is 12.8. The Kier molecular flexibility index (Phi) is 3.87. The second-order valence-corrected chi connectivity index (χ2v) is 7.31. The third kappa shape index (κ3) is 2.96. The van der Waals surface area contributed by atoms with Crippen molar-refractivity contribution >= 4 is 5.78 Å². The average Bonchev–Trinajstić information content (AvgIpc) is 2.48. The maximum absolute atomic E-state index is 12.8. The number of hydrogen-bond acceptors (Lipinski definition) is 2. The first-order valence-corrected chi connectivity index (χ1v) is 7.56. The van der Waals surface area contributed by atoms with Gasteiger partial charge >= 0.3 is 0 Å². The molecule has 2 fully saturated rings. The van der Waals surface area contributed by atoms with Crippen LogP contribution in [-0.2, 0) is 9.53 Å². The van der Waals surface area contributed by atoms with Gasteiger partial charge in [0.15, 0.2) is 0 Å². The molecule has 2 rings (SSSR count). The number of rotatable bonds is 2. The number of carbonyl (C=O) groups is 1. The van der Waals surface area contributed by atoms with Crippen LogP contribution in [0.1, 0.15) is 72.6 Å². The molecule has 1 aliphatic carbocycles. The van der Waals surface area contributed by atoms with Crippen molar-refractivity contribution in [2.75, 3.05) is 0 Å². The molecule has 0 radical (unpaired) electrons. The highest BCUT2D eigenvalue weighted by atomic mass is 16.5. The Morgan fingerprint density at radius 2 is 1.56 bits per heavy atom. The molecule has 0 spiro atoms. The van der Waals surface area contributed by atoms with E-state index < -0.39 is 0 Å². The van der Waals surface area contributed by atoms with Gasteiger partial charge in [-0.1, -0.05) is 25.7 Å². The maximum Gasteiger partial charge on any atom is 0.142 e. The van der Waals surface area contributed by atoms with Crippen molar-refractivity contribution in [3.8, 4) is 0 Å². The van der Waals surface area contributed by atoms with Crippen LogP contribution < -0.4 is 0 Å². The Balaban J connectivity index is 2.08. The highest BCUT2D eigenvalue weighted by molar-refractivity contribution is 5.85. The molecule has 1 heterocycles. The van der Waals surface area contributed by atoms with Crippen LogP contribution >= 0.6 is 0 Å². The molecule has 0 aromatic rings. The first-order valence-electron chi connectivity index (χ1n) is 7.56. The van der Waals surface area contributed by atoms with Gasteiger partial charge in [0.05, 0.1) is 11.2 Å². The molecule has 1 aliphatic heterocycles. The summed E-state index contributed by atoms with van der Waals surface area (Å²) < 4.78 is 6.07. The zero-order valence-corrected chi connectivity index (χ0v) is 12.4. The molecule has 2 nitrogen and oxygen atoms in total. The number of carbonyl (C=O) groups excluding carboxylic acids is 1. The van der Waals surface area contributed by atoms with Gasteiger partial charge in [0.25, 0.3) is 0 Å². The molecule has 0 bridgehead atoms. The smallest absolute Gasteiger partial charge is 0.142 e. The Morgan fingerprint density at radius 3 is 2.00 bits per heavy atom. The van der Waals surface area contributed by atoms with E-state index >= 15 is 0 Å². The predicted molar refractivity (Wildman–Crippen MR) is 73.5 cm³/mol. The second kappa shape index (κ2) is 4.96. The number of ether oxygens (including phenoxy) is 1. The second-order valence-electron chi connectivity index (χ2n) is 7.31. The van der Waals surface area contributed by atoms with Crippen molar-refractivity contribution in [2.45, 2.75) is 83.8 Å². The van der Waals surface area contributed by atoms with Crippen molar-refractivity contribution in [1.82, 2.24) is 0 Å². The van der Waals surface area contributed by atoms with Gasteiger partial charge in [-0.15, -0.1) is 0 Å². The Labute approximate surface area is 111 Å². The van der Waals surface area contributed by atoms with Gasteiger partial charge in [0, 0.05) is 11.8 Å². The zero-order chi connectivity index (χ0) is 13.4. The summed E-state index contributed by atoms with van der Waals surface area (Å²) in [5.41, 5.74) is -0.429. The van der Waals surface area contributed by atoms with E-state index in [-0.39, 0.29) is 17.1 Å². The van der Waals surface area contributed by atoms with Gasteiger partial charge < -0.3 is 4.74 Å². The first kappa shape index (κ1) is 14.0. The van der Waals surface area contributed by atoms with Gasteiger partial charge in [-0.25, -0.2) is 0 Å². The van der Waals surface area contributed by atoms with Crippen LogP contribution in [0.15, 0.2) is 0 Å². The van der Waals surface area contributed by atoms with E-state index in [0.29, 0.717) is 11.7 Å². The highest BCUT2D eigenvalue weighted by Gasteiger charge is 2.50. The van der Waals surface area contributed by atoms with Crippen molar-refractivity contribution in [3.05, 3.63) is 0 Å². The number of hydrogen-bond donors (Lipinski definition) is 0. The first-order chi connectivity index (χ1) is 8.32. The molecule has 2 heteroatoms. The monoisotopic (exact) mass is 252 g/mol. The summed E-state index contributed by atoms with van der Waals surface area (Å²) >= 11 is 0. The van der Waals surface area contributed by atoms with Crippen molar-refractivity contribution in [1.29, 1.82) is 0 Å².